The van der Waals surface area contributed by atoms with Gasteiger partial charge >= 0.3 is 11.9 Å². The van der Waals surface area contributed by atoms with Gasteiger partial charge in [-0.1, -0.05) is 0 Å². The Morgan fingerprint density at radius 2 is 1.83 bits per heavy atom. The Hall–Kier alpha value is -2.18. The predicted octanol–water partition coefficient (Wildman–Crippen LogP) is 3.16. The number of carbonyl (C=O) groups excluding carboxylic acids is 1. The average molecular weight is 328 g/mol. The van der Waals surface area contributed by atoms with Gasteiger partial charge in [0.2, 0.25) is 5.82 Å². The maximum absolute atomic E-state index is 13.8. The molecule has 2 rings (SSSR count). The van der Waals surface area contributed by atoms with Gasteiger partial charge in [0.25, 0.3) is 0 Å². The van der Waals surface area contributed by atoms with E-state index in [0.29, 0.717) is 32.3 Å². The van der Waals surface area contributed by atoms with Gasteiger partial charge in [-0.25, -0.2) is 9.18 Å². The molecule has 1 aromatic carbocycles. The fourth-order valence-corrected chi connectivity index (χ4v) is 2.64. The van der Waals surface area contributed by atoms with E-state index in [1.807, 2.05) is 0 Å². The molecular weight excluding hydrogens is 310 g/mol. The zero-order valence-electron chi connectivity index (χ0n) is 12.7. The van der Waals surface area contributed by atoms with Crippen LogP contribution in [0, 0.1) is 17.6 Å². The molecule has 0 saturated heterocycles. The number of carboxylic acid groups (broad SMARTS) is 1. The summed E-state index contributed by atoms with van der Waals surface area (Å²) in [7, 11) is 0. The van der Waals surface area contributed by atoms with Gasteiger partial charge in [0.05, 0.1) is 24.2 Å². The molecule has 0 atom stereocenters. The van der Waals surface area contributed by atoms with Crippen molar-refractivity contribution in [3.8, 4) is 5.75 Å². The molecule has 0 radical (unpaired) electrons. The number of benzene rings is 1. The molecule has 0 aromatic heterocycles. The normalized spacial score (nSPS) is 20.8. The van der Waals surface area contributed by atoms with E-state index >= 15 is 0 Å². The topological polar surface area (TPSA) is 72.8 Å². The fourth-order valence-electron chi connectivity index (χ4n) is 2.64. The van der Waals surface area contributed by atoms with Crippen LogP contribution in [0.15, 0.2) is 12.1 Å². The van der Waals surface area contributed by atoms with Crippen molar-refractivity contribution in [2.24, 2.45) is 5.92 Å². The molecule has 1 fully saturated rings. The highest BCUT2D eigenvalue weighted by atomic mass is 19.2. The van der Waals surface area contributed by atoms with Gasteiger partial charge < -0.3 is 14.6 Å². The van der Waals surface area contributed by atoms with Crippen molar-refractivity contribution in [2.75, 3.05) is 6.61 Å². The standard InChI is InChI=1S/C16H18F2O5/c1-2-22-16(21)9-3-5-10(6-4-9)23-12-8-7-11(15(19)20)13(17)14(12)18/h7-10H,2-6H2,1H3,(H,19,20)/t9-,10-. The Morgan fingerprint density at radius 3 is 2.39 bits per heavy atom. The Balaban J connectivity index is 1.98. The van der Waals surface area contributed by atoms with Crippen molar-refractivity contribution < 1.29 is 33.0 Å². The van der Waals surface area contributed by atoms with E-state index in [2.05, 4.69) is 0 Å². The molecule has 7 heteroatoms. The number of esters is 1. The highest BCUT2D eigenvalue weighted by molar-refractivity contribution is 5.88. The van der Waals surface area contributed by atoms with E-state index < -0.39 is 23.2 Å². The van der Waals surface area contributed by atoms with Crippen molar-refractivity contribution in [3.05, 3.63) is 29.3 Å². The van der Waals surface area contributed by atoms with Crippen LogP contribution in [0.1, 0.15) is 43.0 Å². The van der Waals surface area contributed by atoms with E-state index in [1.165, 1.54) is 0 Å². The molecule has 1 saturated carbocycles. The van der Waals surface area contributed by atoms with Gasteiger partial charge in [-0.2, -0.15) is 4.39 Å². The molecule has 0 unspecified atom stereocenters. The van der Waals surface area contributed by atoms with Crippen molar-refractivity contribution in [3.63, 3.8) is 0 Å². The smallest absolute Gasteiger partial charge is 0.338 e. The minimum Gasteiger partial charge on any atom is -0.487 e. The Morgan fingerprint density at radius 1 is 1.17 bits per heavy atom. The number of halogens is 2. The maximum atomic E-state index is 13.8. The third-order valence-electron chi connectivity index (χ3n) is 3.87. The van der Waals surface area contributed by atoms with Crippen molar-refractivity contribution in [1.82, 2.24) is 0 Å². The zero-order valence-corrected chi connectivity index (χ0v) is 12.7. The summed E-state index contributed by atoms with van der Waals surface area (Å²) in [6.07, 6.45) is 1.81. The molecule has 0 aliphatic heterocycles. The second-order valence-corrected chi connectivity index (χ2v) is 5.39. The van der Waals surface area contributed by atoms with Crippen LogP contribution in [0.5, 0.6) is 5.75 Å². The first-order valence-corrected chi connectivity index (χ1v) is 7.48. The predicted molar refractivity (Wildman–Crippen MR) is 76.3 cm³/mol. The zero-order chi connectivity index (χ0) is 17.0. The highest BCUT2D eigenvalue weighted by Crippen LogP contribution is 2.30. The van der Waals surface area contributed by atoms with Crippen LogP contribution >= 0.6 is 0 Å². The molecule has 1 aromatic rings. The third-order valence-corrected chi connectivity index (χ3v) is 3.87. The third kappa shape index (κ3) is 3.97. The van der Waals surface area contributed by atoms with Gasteiger partial charge in [-0.05, 0) is 44.7 Å². The monoisotopic (exact) mass is 328 g/mol. The summed E-state index contributed by atoms with van der Waals surface area (Å²) < 4.78 is 37.9. The Kier molecular flexibility index (Phi) is 5.52. The summed E-state index contributed by atoms with van der Waals surface area (Å²) in [5, 5.41) is 8.74. The van der Waals surface area contributed by atoms with Gasteiger partial charge in [0.15, 0.2) is 11.6 Å². The summed E-state index contributed by atoms with van der Waals surface area (Å²) in [5.74, 6) is -5.03. The van der Waals surface area contributed by atoms with Crippen LogP contribution in [0.3, 0.4) is 0 Å². The molecule has 0 bridgehead atoms. The lowest BCUT2D eigenvalue weighted by atomic mass is 9.87. The van der Waals surface area contributed by atoms with Crippen LogP contribution in [0.2, 0.25) is 0 Å². The summed E-state index contributed by atoms with van der Waals surface area (Å²) >= 11 is 0. The number of carbonyl (C=O) groups is 2. The van der Waals surface area contributed by atoms with E-state index in [9.17, 15) is 18.4 Å². The maximum Gasteiger partial charge on any atom is 0.338 e. The van der Waals surface area contributed by atoms with Crippen LogP contribution in [0.25, 0.3) is 0 Å². The summed E-state index contributed by atoms with van der Waals surface area (Å²) in [4.78, 5) is 22.4. The number of carboxylic acids is 1. The summed E-state index contributed by atoms with van der Waals surface area (Å²) in [6.45, 7) is 2.07. The van der Waals surface area contributed by atoms with Crippen LogP contribution in [-0.2, 0) is 9.53 Å². The first-order valence-electron chi connectivity index (χ1n) is 7.48. The van der Waals surface area contributed by atoms with Crippen molar-refractivity contribution >= 4 is 11.9 Å². The van der Waals surface area contributed by atoms with E-state index in [-0.39, 0.29) is 23.7 Å². The minimum absolute atomic E-state index is 0.189. The second-order valence-electron chi connectivity index (χ2n) is 5.39. The quantitative estimate of drug-likeness (QED) is 0.841. The van der Waals surface area contributed by atoms with Gasteiger partial charge in [0.1, 0.15) is 0 Å². The Labute approximate surface area is 132 Å². The second kappa shape index (κ2) is 7.39. The number of aromatic carboxylic acids is 1. The van der Waals surface area contributed by atoms with E-state index in [1.54, 1.807) is 6.92 Å². The highest BCUT2D eigenvalue weighted by Gasteiger charge is 2.29. The summed E-state index contributed by atoms with van der Waals surface area (Å²) in [6, 6.07) is 2.08. The lowest BCUT2D eigenvalue weighted by Gasteiger charge is -2.27. The molecular formula is C16H18F2O5. The molecule has 1 N–H and O–H groups in total. The van der Waals surface area contributed by atoms with Crippen LogP contribution in [0.4, 0.5) is 8.78 Å². The van der Waals surface area contributed by atoms with Gasteiger partial charge in [-0.3, -0.25) is 4.79 Å². The van der Waals surface area contributed by atoms with Crippen LogP contribution in [-0.4, -0.2) is 29.8 Å². The number of ether oxygens (including phenoxy) is 2. The molecule has 5 nitrogen and oxygen atoms in total. The first-order chi connectivity index (χ1) is 10.9. The van der Waals surface area contributed by atoms with Crippen molar-refractivity contribution in [1.29, 1.82) is 0 Å². The number of rotatable bonds is 5. The first kappa shape index (κ1) is 17.2. The molecule has 0 amide bonds. The van der Waals surface area contributed by atoms with Crippen molar-refractivity contribution in [2.45, 2.75) is 38.7 Å². The van der Waals surface area contributed by atoms with Crippen LogP contribution < -0.4 is 4.74 Å². The number of hydrogen-bond acceptors (Lipinski definition) is 4. The SMILES string of the molecule is CCOC(=O)[C@H]1CC[C@H](Oc2ccc(C(=O)O)c(F)c2F)CC1. The lowest BCUT2D eigenvalue weighted by Crippen LogP contribution is -2.29. The molecule has 1 aliphatic rings. The molecule has 0 spiro atoms. The molecule has 126 valence electrons. The Bertz CT molecular complexity index is 594. The minimum atomic E-state index is -1.54. The molecule has 1 aliphatic carbocycles. The van der Waals surface area contributed by atoms with Gasteiger partial charge in [-0.15, -0.1) is 0 Å². The fraction of sp³-hybridized carbons (Fsp3) is 0.500. The molecule has 0 heterocycles. The lowest BCUT2D eigenvalue weighted by molar-refractivity contribution is -0.149. The molecule has 23 heavy (non-hydrogen) atoms. The largest absolute Gasteiger partial charge is 0.487 e. The van der Waals surface area contributed by atoms with E-state index in [4.69, 9.17) is 14.6 Å². The number of hydrogen-bond donors (Lipinski definition) is 1. The van der Waals surface area contributed by atoms with Gasteiger partial charge in [0, 0.05) is 0 Å². The summed E-state index contributed by atoms with van der Waals surface area (Å²) in [5.41, 5.74) is -0.735. The van der Waals surface area contributed by atoms with E-state index in [0.717, 1.165) is 12.1 Å². The average Bonchev–Trinajstić information content (AvgIpc) is 2.52.